The molecule has 3 atom stereocenters. The molecule has 1 fully saturated rings. The number of halogens is 1. The maximum atomic E-state index is 5.77. The van der Waals surface area contributed by atoms with Crippen molar-refractivity contribution in [2.75, 3.05) is 5.88 Å². The maximum absolute atomic E-state index is 5.77. The van der Waals surface area contributed by atoms with Crippen LogP contribution in [0.5, 0.6) is 0 Å². The molecule has 1 heterocycles. The van der Waals surface area contributed by atoms with Gasteiger partial charge < -0.3 is 0 Å². The third-order valence-corrected chi connectivity index (χ3v) is 5.68. The van der Waals surface area contributed by atoms with E-state index in [1.807, 2.05) is 0 Å². The lowest BCUT2D eigenvalue weighted by Gasteiger charge is -2.13. The molecule has 2 aliphatic rings. The maximum Gasteiger partial charge on any atom is 0.121 e. The molecule has 2 aliphatic carbocycles. The molecule has 0 amide bonds. The summed E-state index contributed by atoms with van der Waals surface area (Å²) in [6.45, 7) is 0. The van der Waals surface area contributed by atoms with E-state index in [0.29, 0.717) is 17.7 Å². The Morgan fingerprint density at radius 1 is 1.21 bits per heavy atom. The van der Waals surface area contributed by atoms with Crippen molar-refractivity contribution in [3.05, 3.63) is 45.4 Å². The molecule has 3 unspecified atom stereocenters. The highest BCUT2D eigenvalue weighted by Crippen LogP contribution is 2.65. The first kappa shape index (κ1) is 11.9. The van der Waals surface area contributed by atoms with E-state index in [9.17, 15) is 0 Å². The Kier molecular flexibility index (Phi) is 2.85. The van der Waals surface area contributed by atoms with E-state index < -0.39 is 0 Å². The van der Waals surface area contributed by atoms with E-state index in [-0.39, 0.29) is 0 Å². The summed E-state index contributed by atoms with van der Waals surface area (Å²) >= 11 is 7.53. The zero-order chi connectivity index (χ0) is 12.8. The number of nitrogens with zero attached hydrogens (tertiary/aromatic N) is 2. The molecule has 0 bridgehead atoms. The van der Waals surface area contributed by atoms with Crippen LogP contribution in [0.15, 0.2) is 24.3 Å². The Balaban J connectivity index is 1.62. The van der Waals surface area contributed by atoms with E-state index in [4.69, 9.17) is 11.6 Å². The number of hydrogen-bond donors (Lipinski definition) is 0. The first-order chi connectivity index (χ1) is 9.38. The predicted molar refractivity (Wildman–Crippen MR) is 78.1 cm³/mol. The van der Waals surface area contributed by atoms with Gasteiger partial charge in [0.2, 0.25) is 0 Å². The summed E-state index contributed by atoms with van der Waals surface area (Å²) in [5, 5.41) is 11.0. The molecule has 4 rings (SSSR count). The van der Waals surface area contributed by atoms with Gasteiger partial charge in [0.15, 0.2) is 0 Å². The van der Waals surface area contributed by atoms with Crippen molar-refractivity contribution >= 4 is 22.9 Å². The van der Waals surface area contributed by atoms with Crippen LogP contribution in [0.4, 0.5) is 0 Å². The molecule has 1 aromatic heterocycles. The van der Waals surface area contributed by atoms with Gasteiger partial charge in [0.1, 0.15) is 10.0 Å². The largest absolute Gasteiger partial charge is 0.144 e. The monoisotopic (exact) mass is 290 g/mol. The number of benzene rings is 1. The van der Waals surface area contributed by atoms with Crippen LogP contribution < -0.4 is 0 Å². The Labute approximate surface area is 121 Å². The highest BCUT2D eigenvalue weighted by Gasteiger charge is 2.55. The highest BCUT2D eigenvalue weighted by atomic mass is 35.5. The van der Waals surface area contributed by atoms with Crippen LogP contribution in [0.3, 0.4) is 0 Å². The number of aryl methyl sites for hydroxylation is 2. The minimum Gasteiger partial charge on any atom is -0.144 e. The Morgan fingerprint density at radius 2 is 2.11 bits per heavy atom. The normalized spacial score (nSPS) is 27.7. The summed E-state index contributed by atoms with van der Waals surface area (Å²) in [6.07, 6.45) is 3.37. The fraction of sp³-hybridized carbons (Fsp3) is 0.467. The molecule has 2 aromatic rings. The zero-order valence-electron chi connectivity index (χ0n) is 10.6. The third kappa shape index (κ3) is 1.91. The third-order valence-electron chi connectivity index (χ3n) is 4.41. The van der Waals surface area contributed by atoms with E-state index in [1.54, 1.807) is 16.9 Å². The van der Waals surface area contributed by atoms with E-state index in [2.05, 4.69) is 34.5 Å². The van der Waals surface area contributed by atoms with Crippen LogP contribution in [0.1, 0.15) is 39.4 Å². The number of rotatable bonds is 3. The summed E-state index contributed by atoms with van der Waals surface area (Å²) in [5.74, 6) is 2.74. The highest BCUT2D eigenvalue weighted by molar-refractivity contribution is 7.11. The molecule has 2 nitrogen and oxygen atoms in total. The van der Waals surface area contributed by atoms with Crippen molar-refractivity contribution in [3.63, 3.8) is 0 Å². The number of aromatic nitrogens is 2. The molecular formula is C15H15ClN2S. The Morgan fingerprint density at radius 3 is 3.00 bits per heavy atom. The van der Waals surface area contributed by atoms with Crippen LogP contribution in [-0.4, -0.2) is 16.1 Å². The van der Waals surface area contributed by atoms with Gasteiger partial charge in [0.25, 0.3) is 0 Å². The van der Waals surface area contributed by atoms with Crippen LogP contribution in [0.2, 0.25) is 0 Å². The Bertz CT molecular complexity index is 610. The topological polar surface area (TPSA) is 25.8 Å². The van der Waals surface area contributed by atoms with E-state index in [1.165, 1.54) is 23.4 Å². The molecule has 0 radical (unpaired) electrons. The summed E-state index contributed by atoms with van der Waals surface area (Å²) in [6, 6.07) is 8.89. The van der Waals surface area contributed by atoms with Gasteiger partial charge in [0.05, 0.1) is 0 Å². The number of alkyl halides is 1. The number of fused-ring (bicyclic) bond motifs is 3. The summed E-state index contributed by atoms with van der Waals surface area (Å²) < 4.78 is 0. The van der Waals surface area contributed by atoms with Crippen molar-refractivity contribution in [2.24, 2.45) is 5.92 Å². The van der Waals surface area contributed by atoms with Gasteiger partial charge in [0, 0.05) is 18.2 Å². The molecule has 1 aromatic carbocycles. The molecule has 0 aliphatic heterocycles. The smallest absolute Gasteiger partial charge is 0.121 e. The van der Waals surface area contributed by atoms with Crippen LogP contribution >= 0.6 is 22.9 Å². The molecule has 98 valence electrons. The van der Waals surface area contributed by atoms with Gasteiger partial charge in [-0.1, -0.05) is 24.3 Å². The molecule has 0 saturated heterocycles. The SMILES string of the molecule is ClCCc1nnc(C2C3CCc4ccccc4C32)s1. The summed E-state index contributed by atoms with van der Waals surface area (Å²) in [5.41, 5.74) is 3.09. The lowest BCUT2D eigenvalue weighted by molar-refractivity contribution is 0.658. The average Bonchev–Trinajstić information content (AvgIpc) is 3.02. The number of hydrogen-bond acceptors (Lipinski definition) is 3. The van der Waals surface area contributed by atoms with Crippen molar-refractivity contribution in [1.29, 1.82) is 0 Å². The van der Waals surface area contributed by atoms with Gasteiger partial charge in [-0.05, 0) is 35.8 Å². The molecule has 19 heavy (non-hydrogen) atoms. The Hall–Kier alpha value is -0.930. The fourth-order valence-corrected chi connectivity index (χ4v) is 4.84. The lowest BCUT2D eigenvalue weighted by Crippen LogP contribution is -2.00. The second-order valence-electron chi connectivity index (χ2n) is 5.43. The average molecular weight is 291 g/mol. The molecule has 0 spiro atoms. The van der Waals surface area contributed by atoms with Crippen LogP contribution in [-0.2, 0) is 12.8 Å². The quantitative estimate of drug-likeness (QED) is 0.804. The summed E-state index contributed by atoms with van der Waals surface area (Å²) in [7, 11) is 0. The standard InChI is InChI=1S/C15H15ClN2S/c16-8-7-12-17-18-15(19-12)14-11-6-5-9-3-1-2-4-10(9)13(11)14/h1-4,11,13-14H,5-8H2. The van der Waals surface area contributed by atoms with Gasteiger partial charge in [-0.3, -0.25) is 0 Å². The lowest BCUT2D eigenvalue weighted by atomic mass is 9.92. The van der Waals surface area contributed by atoms with Crippen molar-refractivity contribution in [3.8, 4) is 0 Å². The summed E-state index contributed by atoms with van der Waals surface area (Å²) in [4.78, 5) is 0. The van der Waals surface area contributed by atoms with Crippen LogP contribution in [0, 0.1) is 5.92 Å². The van der Waals surface area contributed by atoms with Gasteiger partial charge >= 0.3 is 0 Å². The molecule has 4 heteroatoms. The molecule has 0 N–H and O–H groups in total. The van der Waals surface area contributed by atoms with Crippen molar-refractivity contribution in [2.45, 2.75) is 31.1 Å². The second kappa shape index (κ2) is 4.57. The fourth-order valence-electron chi connectivity index (χ4n) is 3.49. The molecule has 1 saturated carbocycles. The van der Waals surface area contributed by atoms with Gasteiger partial charge in [-0.25, -0.2) is 0 Å². The van der Waals surface area contributed by atoms with E-state index in [0.717, 1.165) is 17.3 Å². The first-order valence-corrected chi connectivity index (χ1v) is 8.19. The minimum absolute atomic E-state index is 0.616. The first-order valence-electron chi connectivity index (χ1n) is 6.84. The van der Waals surface area contributed by atoms with Crippen molar-refractivity contribution in [1.82, 2.24) is 10.2 Å². The van der Waals surface area contributed by atoms with Gasteiger partial charge in [-0.15, -0.1) is 33.1 Å². The van der Waals surface area contributed by atoms with Crippen molar-refractivity contribution < 1.29 is 0 Å². The van der Waals surface area contributed by atoms with E-state index >= 15 is 0 Å². The zero-order valence-corrected chi connectivity index (χ0v) is 12.1. The second-order valence-corrected chi connectivity index (χ2v) is 6.90. The minimum atomic E-state index is 0.616. The van der Waals surface area contributed by atoms with Gasteiger partial charge in [-0.2, -0.15) is 0 Å². The molecular weight excluding hydrogens is 276 g/mol. The predicted octanol–water partition coefficient (Wildman–Crippen LogP) is 3.76. The van der Waals surface area contributed by atoms with Crippen LogP contribution in [0.25, 0.3) is 0 Å².